The van der Waals surface area contributed by atoms with Crippen molar-refractivity contribution in [2.45, 2.75) is 0 Å². The first-order chi connectivity index (χ1) is 20.3. The lowest BCUT2D eigenvalue weighted by Gasteiger charge is -2.13. The highest BCUT2D eigenvalue weighted by atomic mass is 19.2. The first-order valence-electron chi connectivity index (χ1n) is 12.5. The van der Waals surface area contributed by atoms with Crippen molar-refractivity contribution < 1.29 is 46.5 Å². The molecule has 0 aliphatic heterocycles. The predicted molar refractivity (Wildman–Crippen MR) is 153 cm³/mol. The van der Waals surface area contributed by atoms with E-state index in [4.69, 9.17) is 33.1 Å². The number of hydrogen-bond acceptors (Lipinski definition) is 8. The van der Waals surface area contributed by atoms with Crippen LogP contribution < -0.4 is 28.4 Å². The molecule has 2 heterocycles. The van der Waals surface area contributed by atoms with Crippen molar-refractivity contribution in [2.75, 3.05) is 42.7 Å². The number of methoxy groups -OCH3 is 6. The molecule has 0 spiro atoms. The van der Waals surface area contributed by atoms with Crippen molar-refractivity contribution in [3.63, 3.8) is 0 Å². The van der Waals surface area contributed by atoms with E-state index in [1.54, 1.807) is 36.4 Å². The molecule has 2 aromatic heterocycles. The van der Waals surface area contributed by atoms with Crippen LogP contribution in [-0.2, 0) is 4.65 Å². The highest BCUT2D eigenvalue weighted by Crippen LogP contribution is 2.42. The predicted octanol–water partition coefficient (Wildman–Crippen LogP) is 5.89. The van der Waals surface area contributed by atoms with Gasteiger partial charge in [-0.25, -0.2) is 8.63 Å². The highest BCUT2D eigenvalue weighted by Gasteiger charge is 2.24. The number of aromatic nitrogens is 2. The number of allylic oxidation sites excluding steroid dienone is 1. The summed E-state index contributed by atoms with van der Waals surface area (Å²) in [6.07, 6.45) is 0.988. The number of carbonyl (C=O) groups is 1. The molecular formula is C29H29BF2N2O8. The molecule has 0 aliphatic carbocycles. The van der Waals surface area contributed by atoms with Crippen molar-refractivity contribution >= 4 is 19.0 Å². The van der Waals surface area contributed by atoms with Gasteiger partial charge in [-0.15, -0.1) is 0 Å². The Hall–Kier alpha value is -5.07. The Bertz CT molecular complexity index is 1550. The lowest BCUT2D eigenvalue weighted by molar-refractivity contribution is 0.104. The standard InChI is InChI=1S/C29H29BF2N2O8/c1-36-24-11-16(12-25(37-2)28(24)40-5)18-7-9-20(33-18)22(35)15-23(42-30(31)32)21-10-8-19(34-21)17-13-26(38-3)29(41-6)27(14-17)39-4/h7-15,33-34H,1-6H3/b23-15-. The summed E-state index contributed by atoms with van der Waals surface area (Å²) in [5, 5.41) is 0. The third kappa shape index (κ3) is 6.14. The van der Waals surface area contributed by atoms with Crippen molar-refractivity contribution in [1.29, 1.82) is 0 Å². The monoisotopic (exact) mass is 582 g/mol. The average molecular weight is 582 g/mol. The molecule has 220 valence electrons. The molecule has 0 saturated carbocycles. The van der Waals surface area contributed by atoms with Crippen LogP contribution in [0.15, 0.2) is 54.6 Å². The molecule has 0 unspecified atom stereocenters. The average Bonchev–Trinajstić information content (AvgIpc) is 3.70. The maximum Gasteiger partial charge on any atom is 0.796 e. The topological polar surface area (TPSA) is 113 Å². The minimum Gasteiger partial charge on any atom is -0.503 e. The van der Waals surface area contributed by atoms with E-state index in [1.807, 2.05) is 0 Å². The second-order valence-corrected chi connectivity index (χ2v) is 8.65. The molecule has 0 saturated heterocycles. The number of rotatable bonds is 13. The van der Waals surface area contributed by atoms with Gasteiger partial charge in [0, 0.05) is 28.6 Å². The first-order valence-corrected chi connectivity index (χ1v) is 12.5. The smallest absolute Gasteiger partial charge is 0.503 e. The molecule has 13 heteroatoms. The van der Waals surface area contributed by atoms with Crippen molar-refractivity contribution in [3.05, 3.63) is 66.0 Å². The zero-order chi connectivity index (χ0) is 30.4. The summed E-state index contributed by atoms with van der Waals surface area (Å²) in [5.41, 5.74) is 2.67. The molecular weight excluding hydrogens is 553 g/mol. The summed E-state index contributed by atoms with van der Waals surface area (Å²) in [6.45, 7) is 0. The van der Waals surface area contributed by atoms with E-state index in [1.165, 1.54) is 54.8 Å². The molecule has 0 atom stereocenters. The molecule has 0 aliphatic rings. The molecule has 42 heavy (non-hydrogen) atoms. The number of carbonyl (C=O) groups excluding carboxylic acids is 1. The Balaban J connectivity index is 1.67. The number of nitrogens with one attached hydrogen (secondary N) is 2. The van der Waals surface area contributed by atoms with Crippen molar-refractivity contribution in [3.8, 4) is 57.0 Å². The van der Waals surface area contributed by atoms with Crippen LogP contribution >= 0.6 is 0 Å². The quantitative estimate of drug-likeness (QED) is 0.0869. The summed E-state index contributed by atoms with van der Waals surface area (Å²) in [4.78, 5) is 19.2. The number of halogens is 2. The second kappa shape index (κ2) is 13.1. The lowest BCUT2D eigenvalue weighted by atomic mass is 10.1. The Morgan fingerprint density at radius 1 is 0.643 bits per heavy atom. The number of H-pyrrole nitrogens is 2. The van der Waals surface area contributed by atoms with Gasteiger partial charge in [0.2, 0.25) is 17.3 Å². The van der Waals surface area contributed by atoms with Gasteiger partial charge in [0.1, 0.15) is 5.76 Å². The molecule has 0 bridgehead atoms. The van der Waals surface area contributed by atoms with Gasteiger partial charge in [0.15, 0.2) is 23.0 Å². The number of ether oxygens (including phenoxy) is 6. The van der Waals surface area contributed by atoms with E-state index in [9.17, 15) is 13.4 Å². The van der Waals surface area contributed by atoms with E-state index < -0.39 is 13.3 Å². The lowest BCUT2D eigenvalue weighted by Crippen LogP contribution is -2.07. The fraction of sp³-hybridized carbons (Fsp3) is 0.207. The van der Waals surface area contributed by atoms with Gasteiger partial charge in [0.25, 0.3) is 0 Å². The highest BCUT2D eigenvalue weighted by molar-refractivity contribution is 6.36. The zero-order valence-corrected chi connectivity index (χ0v) is 23.8. The van der Waals surface area contributed by atoms with Gasteiger partial charge in [0.05, 0.1) is 54.0 Å². The Kier molecular flexibility index (Phi) is 9.30. The largest absolute Gasteiger partial charge is 0.796 e. The molecule has 0 radical (unpaired) electrons. The van der Waals surface area contributed by atoms with Gasteiger partial charge < -0.3 is 43.0 Å². The summed E-state index contributed by atoms with van der Waals surface area (Å²) in [5.74, 6) is 1.55. The van der Waals surface area contributed by atoms with Gasteiger partial charge in [-0.05, 0) is 48.5 Å². The molecule has 4 aromatic rings. The maximum atomic E-state index is 13.4. The Morgan fingerprint density at radius 2 is 1.05 bits per heavy atom. The van der Waals surface area contributed by atoms with Crippen molar-refractivity contribution in [2.24, 2.45) is 0 Å². The molecule has 2 aromatic carbocycles. The minimum atomic E-state index is -3.17. The third-order valence-electron chi connectivity index (χ3n) is 6.33. The van der Waals surface area contributed by atoms with Crippen LogP contribution in [0, 0.1) is 0 Å². The molecule has 2 N–H and O–H groups in total. The summed E-state index contributed by atoms with van der Waals surface area (Å²) >= 11 is 0. The molecule has 4 rings (SSSR count). The van der Waals surface area contributed by atoms with Crippen LogP contribution in [0.2, 0.25) is 0 Å². The summed E-state index contributed by atoms with van der Waals surface area (Å²) < 4.78 is 63.8. The van der Waals surface area contributed by atoms with E-state index in [0.717, 1.165) is 6.08 Å². The second-order valence-electron chi connectivity index (χ2n) is 8.65. The number of aromatic amines is 2. The van der Waals surface area contributed by atoms with E-state index >= 15 is 0 Å². The van der Waals surface area contributed by atoms with Crippen LogP contribution in [-0.4, -0.2) is 65.9 Å². The number of benzene rings is 2. The van der Waals surface area contributed by atoms with Gasteiger partial charge in [-0.2, -0.15) is 0 Å². The van der Waals surface area contributed by atoms with E-state index in [2.05, 4.69) is 9.97 Å². The van der Waals surface area contributed by atoms with Gasteiger partial charge in [-0.1, -0.05) is 0 Å². The van der Waals surface area contributed by atoms with Gasteiger partial charge >= 0.3 is 7.47 Å². The summed E-state index contributed by atoms with van der Waals surface area (Å²) in [7, 11) is 5.77. The van der Waals surface area contributed by atoms with Crippen LogP contribution in [0.1, 0.15) is 16.2 Å². The van der Waals surface area contributed by atoms with Crippen LogP contribution in [0.3, 0.4) is 0 Å². The van der Waals surface area contributed by atoms with Crippen LogP contribution in [0.5, 0.6) is 34.5 Å². The van der Waals surface area contributed by atoms with Gasteiger partial charge in [-0.3, -0.25) is 4.79 Å². The first kappa shape index (κ1) is 29.9. The molecule has 10 nitrogen and oxygen atoms in total. The fourth-order valence-corrected chi connectivity index (χ4v) is 4.36. The third-order valence-corrected chi connectivity index (χ3v) is 6.33. The van der Waals surface area contributed by atoms with Crippen LogP contribution in [0.4, 0.5) is 8.63 Å². The molecule has 0 amide bonds. The zero-order valence-electron chi connectivity index (χ0n) is 23.8. The number of hydrogen-bond donors (Lipinski definition) is 2. The SMILES string of the molecule is COc1cc(-c2ccc(C(=O)/C=C(\OB(F)F)c3ccc(-c4cc(OC)c(OC)c(OC)c4)[nH]3)[nH]2)cc(OC)c1OC. The fourth-order valence-electron chi connectivity index (χ4n) is 4.36. The van der Waals surface area contributed by atoms with E-state index in [0.29, 0.717) is 57.0 Å². The maximum absolute atomic E-state index is 13.4. The van der Waals surface area contributed by atoms with Crippen LogP contribution in [0.25, 0.3) is 28.3 Å². The minimum absolute atomic E-state index is 0.144. The number of ketones is 1. The molecule has 0 fully saturated rings. The van der Waals surface area contributed by atoms with Crippen molar-refractivity contribution in [1.82, 2.24) is 9.97 Å². The van der Waals surface area contributed by atoms with E-state index in [-0.39, 0.29) is 17.1 Å². The Labute approximate surface area is 241 Å². The summed E-state index contributed by atoms with van der Waals surface area (Å²) in [6, 6.07) is 13.2. The Morgan fingerprint density at radius 3 is 1.43 bits per heavy atom. The normalized spacial score (nSPS) is 11.1.